The molecular formula is C12H6BrFN2O. The van der Waals surface area contributed by atoms with Crippen LogP contribution in [0.1, 0.15) is 0 Å². The Hall–Kier alpha value is -1.75. The average Bonchev–Trinajstić information content (AvgIpc) is 2.74. The van der Waals surface area contributed by atoms with Crippen LogP contribution in [-0.2, 0) is 0 Å². The lowest BCUT2D eigenvalue weighted by molar-refractivity contribution is 0.611. The Morgan fingerprint density at radius 3 is 2.94 bits per heavy atom. The highest BCUT2D eigenvalue weighted by Crippen LogP contribution is 2.29. The summed E-state index contributed by atoms with van der Waals surface area (Å²) in [7, 11) is 0. The van der Waals surface area contributed by atoms with Gasteiger partial charge in [0, 0.05) is 18.5 Å². The highest BCUT2D eigenvalue weighted by atomic mass is 79.9. The molecule has 0 bridgehead atoms. The van der Waals surface area contributed by atoms with Gasteiger partial charge in [-0.15, -0.1) is 0 Å². The van der Waals surface area contributed by atoms with Crippen LogP contribution in [0, 0.1) is 5.82 Å². The first-order valence-corrected chi connectivity index (χ1v) is 5.69. The summed E-state index contributed by atoms with van der Waals surface area (Å²) in [4.78, 5) is 8.21. The minimum atomic E-state index is -0.351. The smallest absolute Gasteiger partial charge is 0.228 e. The first kappa shape index (κ1) is 10.4. The highest BCUT2D eigenvalue weighted by Gasteiger charge is 2.12. The molecule has 3 aromatic rings. The van der Waals surface area contributed by atoms with E-state index in [0.717, 1.165) is 5.56 Å². The lowest BCUT2D eigenvalue weighted by Gasteiger charge is -1.92. The molecule has 3 rings (SSSR count). The molecule has 5 heteroatoms. The maximum Gasteiger partial charge on any atom is 0.228 e. The first-order valence-electron chi connectivity index (χ1n) is 4.90. The van der Waals surface area contributed by atoms with Gasteiger partial charge in [0.25, 0.3) is 0 Å². The third kappa shape index (κ3) is 1.82. The molecule has 0 saturated heterocycles. The lowest BCUT2D eigenvalue weighted by atomic mass is 10.3. The molecule has 1 aromatic carbocycles. The van der Waals surface area contributed by atoms with E-state index >= 15 is 0 Å². The number of fused-ring (bicyclic) bond motifs is 1. The van der Waals surface area contributed by atoms with Crippen LogP contribution in [0.25, 0.3) is 22.6 Å². The molecule has 0 fully saturated rings. The molecule has 3 nitrogen and oxygen atoms in total. The molecule has 17 heavy (non-hydrogen) atoms. The predicted octanol–water partition coefficient (Wildman–Crippen LogP) is 3.79. The van der Waals surface area contributed by atoms with Gasteiger partial charge >= 0.3 is 0 Å². The summed E-state index contributed by atoms with van der Waals surface area (Å²) in [5.74, 6) is 0.0785. The van der Waals surface area contributed by atoms with E-state index in [1.807, 2.05) is 6.07 Å². The van der Waals surface area contributed by atoms with Crippen molar-refractivity contribution in [1.82, 2.24) is 9.97 Å². The van der Waals surface area contributed by atoms with Crippen molar-refractivity contribution in [1.29, 1.82) is 0 Å². The molecule has 0 N–H and O–H groups in total. The molecule has 0 saturated carbocycles. The number of oxazole rings is 1. The summed E-state index contributed by atoms with van der Waals surface area (Å²) in [6.07, 6.45) is 3.32. The summed E-state index contributed by atoms with van der Waals surface area (Å²) in [6, 6.07) is 6.31. The van der Waals surface area contributed by atoms with Crippen molar-refractivity contribution >= 4 is 27.0 Å². The van der Waals surface area contributed by atoms with Gasteiger partial charge < -0.3 is 4.42 Å². The Balaban J connectivity index is 2.24. The van der Waals surface area contributed by atoms with E-state index in [2.05, 4.69) is 25.9 Å². The zero-order valence-electron chi connectivity index (χ0n) is 8.52. The van der Waals surface area contributed by atoms with Gasteiger partial charge in [-0.05, 0) is 34.1 Å². The normalized spacial score (nSPS) is 10.9. The SMILES string of the molecule is Fc1cc(Br)c2oc(-c3cccnc3)nc2c1. The molecule has 0 unspecified atom stereocenters. The Bertz CT molecular complexity index is 682. The third-order valence-corrected chi connectivity index (χ3v) is 2.91. The van der Waals surface area contributed by atoms with Crippen LogP contribution >= 0.6 is 15.9 Å². The minimum Gasteiger partial charge on any atom is -0.435 e. The number of halogens is 2. The van der Waals surface area contributed by atoms with Crippen LogP contribution in [0.4, 0.5) is 4.39 Å². The van der Waals surface area contributed by atoms with Gasteiger partial charge in [-0.25, -0.2) is 9.37 Å². The first-order chi connectivity index (χ1) is 8.24. The van der Waals surface area contributed by atoms with Crippen molar-refractivity contribution in [3.63, 3.8) is 0 Å². The van der Waals surface area contributed by atoms with Crippen molar-refractivity contribution < 1.29 is 8.81 Å². The topological polar surface area (TPSA) is 38.9 Å². The van der Waals surface area contributed by atoms with Crippen LogP contribution in [0.5, 0.6) is 0 Å². The maximum absolute atomic E-state index is 13.2. The van der Waals surface area contributed by atoms with Gasteiger partial charge in [0.05, 0.1) is 10.0 Å². The second-order valence-electron chi connectivity index (χ2n) is 3.50. The second-order valence-corrected chi connectivity index (χ2v) is 4.35. The second kappa shape index (κ2) is 3.92. The van der Waals surface area contributed by atoms with Gasteiger partial charge in [0.2, 0.25) is 5.89 Å². The molecule has 0 radical (unpaired) electrons. The molecule has 0 aliphatic carbocycles. The molecule has 84 valence electrons. The monoisotopic (exact) mass is 292 g/mol. The summed E-state index contributed by atoms with van der Waals surface area (Å²) >= 11 is 3.24. The number of nitrogens with zero attached hydrogens (tertiary/aromatic N) is 2. The third-order valence-electron chi connectivity index (χ3n) is 2.32. The van der Waals surface area contributed by atoms with Crippen molar-refractivity contribution in [2.45, 2.75) is 0 Å². The number of rotatable bonds is 1. The molecule has 0 aliphatic rings. The number of hydrogen-bond acceptors (Lipinski definition) is 3. The molecule has 2 heterocycles. The van der Waals surface area contributed by atoms with Crippen molar-refractivity contribution in [2.75, 3.05) is 0 Å². The summed E-state index contributed by atoms with van der Waals surface area (Å²) in [6.45, 7) is 0. The number of benzene rings is 1. The van der Waals surface area contributed by atoms with Crippen molar-refractivity contribution in [3.05, 3.63) is 46.9 Å². The minimum absolute atomic E-state index is 0.351. The van der Waals surface area contributed by atoms with Gasteiger partial charge in [-0.2, -0.15) is 0 Å². The fourth-order valence-electron chi connectivity index (χ4n) is 1.57. The number of pyridine rings is 1. The summed E-state index contributed by atoms with van der Waals surface area (Å²) in [5, 5.41) is 0. The Morgan fingerprint density at radius 2 is 2.18 bits per heavy atom. The molecule has 0 spiro atoms. The van der Waals surface area contributed by atoms with Gasteiger partial charge in [0.1, 0.15) is 11.3 Å². The zero-order valence-corrected chi connectivity index (χ0v) is 10.1. The van der Waals surface area contributed by atoms with E-state index < -0.39 is 0 Å². The van der Waals surface area contributed by atoms with Gasteiger partial charge in [-0.3, -0.25) is 4.98 Å². The molecule has 0 amide bonds. The van der Waals surface area contributed by atoms with E-state index in [4.69, 9.17) is 4.42 Å². The van der Waals surface area contributed by atoms with E-state index in [1.54, 1.807) is 18.5 Å². The standard InChI is InChI=1S/C12H6BrFN2O/c13-9-4-8(14)5-10-11(9)17-12(16-10)7-2-1-3-15-6-7/h1-6H. The maximum atomic E-state index is 13.2. The fraction of sp³-hybridized carbons (Fsp3) is 0. The molecular weight excluding hydrogens is 287 g/mol. The fourth-order valence-corrected chi connectivity index (χ4v) is 2.08. The average molecular weight is 293 g/mol. The Morgan fingerprint density at radius 1 is 1.29 bits per heavy atom. The van der Waals surface area contributed by atoms with Crippen LogP contribution in [0.2, 0.25) is 0 Å². The largest absolute Gasteiger partial charge is 0.435 e. The summed E-state index contributed by atoms with van der Waals surface area (Å²) < 4.78 is 19.3. The van der Waals surface area contributed by atoms with Crippen LogP contribution in [-0.4, -0.2) is 9.97 Å². The highest BCUT2D eigenvalue weighted by molar-refractivity contribution is 9.10. The number of hydrogen-bond donors (Lipinski definition) is 0. The molecule has 0 atom stereocenters. The van der Waals surface area contributed by atoms with Crippen molar-refractivity contribution in [2.24, 2.45) is 0 Å². The van der Waals surface area contributed by atoms with Gasteiger partial charge in [-0.1, -0.05) is 0 Å². The lowest BCUT2D eigenvalue weighted by Crippen LogP contribution is -1.78. The molecule has 2 aromatic heterocycles. The van der Waals surface area contributed by atoms with E-state index in [1.165, 1.54) is 12.1 Å². The Labute approximate surface area is 104 Å². The van der Waals surface area contributed by atoms with Crippen LogP contribution in [0.3, 0.4) is 0 Å². The van der Waals surface area contributed by atoms with Crippen molar-refractivity contribution in [3.8, 4) is 11.5 Å². The quantitative estimate of drug-likeness (QED) is 0.685. The van der Waals surface area contributed by atoms with Crippen LogP contribution in [0.15, 0.2) is 45.5 Å². The Kier molecular flexibility index (Phi) is 2.40. The zero-order chi connectivity index (χ0) is 11.8. The molecule has 0 aliphatic heterocycles. The van der Waals surface area contributed by atoms with E-state index in [9.17, 15) is 4.39 Å². The van der Waals surface area contributed by atoms with E-state index in [0.29, 0.717) is 21.5 Å². The summed E-state index contributed by atoms with van der Waals surface area (Å²) in [5.41, 5.74) is 1.77. The number of aromatic nitrogens is 2. The van der Waals surface area contributed by atoms with E-state index in [-0.39, 0.29) is 5.82 Å². The predicted molar refractivity (Wildman–Crippen MR) is 64.9 cm³/mol. The van der Waals surface area contributed by atoms with Gasteiger partial charge in [0.15, 0.2) is 5.58 Å². The van der Waals surface area contributed by atoms with Crippen LogP contribution < -0.4 is 0 Å².